The summed E-state index contributed by atoms with van der Waals surface area (Å²) in [5.41, 5.74) is 2.75. The molecule has 1 aliphatic rings. The van der Waals surface area contributed by atoms with Gasteiger partial charge in [0.2, 0.25) is 15.9 Å². The predicted octanol–water partition coefficient (Wildman–Crippen LogP) is 2.75. The molecule has 0 saturated carbocycles. The SMILES string of the molecule is Cc1ccc(N2CCC[C@H](NS(=O)(=O)Cc3noc4ccccc34)C2=O)cc1. The summed E-state index contributed by atoms with van der Waals surface area (Å²) in [6.45, 7) is 2.56. The monoisotopic (exact) mass is 399 g/mol. The molecule has 0 aliphatic carbocycles. The van der Waals surface area contributed by atoms with E-state index < -0.39 is 16.1 Å². The third kappa shape index (κ3) is 3.79. The van der Waals surface area contributed by atoms with E-state index in [0.29, 0.717) is 29.6 Å². The maximum Gasteiger partial charge on any atom is 0.245 e. The molecule has 1 fully saturated rings. The van der Waals surface area contributed by atoms with Crippen molar-refractivity contribution in [2.45, 2.75) is 31.6 Å². The number of carbonyl (C=O) groups is 1. The average Bonchev–Trinajstić information content (AvgIpc) is 3.07. The highest BCUT2D eigenvalue weighted by Gasteiger charge is 2.33. The van der Waals surface area contributed by atoms with Gasteiger partial charge < -0.3 is 9.42 Å². The topological polar surface area (TPSA) is 92.5 Å². The molecule has 4 rings (SSSR count). The first-order valence-electron chi connectivity index (χ1n) is 9.14. The highest BCUT2D eigenvalue weighted by atomic mass is 32.2. The van der Waals surface area contributed by atoms with Crippen LogP contribution in [0, 0.1) is 6.92 Å². The van der Waals surface area contributed by atoms with Gasteiger partial charge in [-0.25, -0.2) is 13.1 Å². The third-order valence-corrected chi connectivity index (χ3v) is 6.18. The van der Waals surface area contributed by atoms with Gasteiger partial charge in [0.05, 0.1) is 0 Å². The first-order chi connectivity index (χ1) is 13.4. The van der Waals surface area contributed by atoms with E-state index in [4.69, 9.17) is 4.52 Å². The number of amides is 1. The van der Waals surface area contributed by atoms with Crippen LogP contribution >= 0.6 is 0 Å². The number of piperidine rings is 1. The maximum atomic E-state index is 12.9. The number of aromatic nitrogens is 1. The van der Waals surface area contributed by atoms with E-state index in [1.165, 1.54) is 0 Å². The van der Waals surface area contributed by atoms with Crippen molar-refractivity contribution in [2.24, 2.45) is 0 Å². The largest absolute Gasteiger partial charge is 0.356 e. The molecule has 1 aromatic heterocycles. The molecule has 0 bridgehead atoms. The highest BCUT2D eigenvalue weighted by Crippen LogP contribution is 2.23. The molecule has 1 amide bonds. The Bertz CT molecular complexity index is 1110. The predicted molar refractivity (Wildman–Crippen MR) is 106 cm³/mol. The fraction of sp³-hybridized carbons (Fsp3) is 0.300. The van der Waals surface area contributed by atoms with Gasteiger partial charge in [-0.15, -0.1) is 0 Å². The molecule has 0 radical (unpaired) electrons. The quantitative estimate of drug-likeness (QED) is 0.712. The molecule has 146 valence electrons. The number of hydrogen-bond donors (Lipinski definition) is 1. The van der Waals surface area contributed by atoms with Gasteiger partial charge in [0, 0.05) is 17.6 Å². The summed E-state index contributed by atoms with van der Waals surface area (Å²) in [7, 11) is -3.76. The van der Waals surface area contributed by atoms with E-state index in [1.807, 2.05) is 31.2 Å². The number of nitrogens with zero attached hydrogens (tertiary/aromatic N) is 2. The van der Waals surface area contributed by atoms with E-state index in [1.54, 1.807) is 29.2 Å². The van der Waals surface area contributed by atoms with Crippen LogP contribution in [0.15, 0.2) is 53.1 Å². The van der Waals surface area contributed by atoms with E-state index in [0.717, 1.165) is 17.7 Å². The van der Waals surface area contributed by atoms with Gasteiger partial charge >= 0.3 is 0 Å². The van der Waals surface area contributed by atoms with Crippen molar-refractivity contribution < 1.29 is 17.7 Å². The van der Waals surface area contributed by atoms with Gasteiger partial charge in [0.15, 0.2) is 5.58 Å². The molecule has 7 nitrogen and oxygen atoms in total. The van der Waals surface area contributed by atoms with Gasteiger partial charge in [-0.3, -0.25) is 4.79 Å². The summed E-state index contributed by atoms with van der Waals surface area (Å²) in [5.74, 6) is -0.568. The Morgan fingerprint density at radius 3 is 2.71 bits per heavy atom. The van der Waals surface area contributed by atoms with E-state index in [9.17, 15) is 13.2 Å². The Morgan fingerprint density at radius 2 is 1.93 bits per heavy atom. The second-order valence-corrected chi connectivity index (χ2v) is 8.78. The van der Waals surface area contributed by atoms with Crippen molar-refractivity contribution in [2.75, 3.05) is 11.4 Å². The molecule has 8 heteroatoms. The fourth-order valence-corrected chi connectivity index (χ4v) is 4.75. The number of sulfonamides is 1. The minimum atomic E-state index is -3.76. The third-order valence-electron chi connectivity index (χ3n) is 4.88. The van der Waals surface area contributed by atoms with Gasteiger partial charge in [-0.05, 0) is 44.0 Å². The average molecular weight is 399 g/mol. The molecule has 1 N–H and O–H groups in total. The Labute approximate surface area is 163 Å². The number of aryl methyl sites for hydroxylation is 1. The van der Waals surface area contributed by atoms with Crippen LogP contribution in [0.3, 0.4) is 0 Å². The van der Waals surface area contributed by atoms with Crippen molar-refractivity contribution in [1.82, 2.24) is 9.88 Å². The molecular weight excluding hydrogens is 378 g/mol. The number of nitrogens with one attached hydrogen (secondary N) is 1. The number of rotatable bonds is 5. The van der Waals surface area contributed by atoms with E-state index >= 15 is 0 Å². The molecule has 28 heavy (non-hydrogen) atoms. The second-order valence-electron chi connectivity index (χ2n) is 7.02. The zero-order valence-corrected chi connectivity index (χ0v) is 16.3. The smallest absolute Gasteiger partial charge is 0.245 e. The van der Waals surface area contributed by atoms with E-state index in [2.05, 4.69) is 9.88 Å². The van der Waals surface area contributed by atoms with Crippen LogP contribution in [0.2, 0.25) is 0 Å². The molecule has 1 atom stereocenters. The molecule has 0 unspecified atom stereocenters. The zero-order chi connectivity index (χ0) is 19.7. The van der Waals surface area contributed by atoms with Crippen molar-refractivity contribution >= 4 is 32.6 Å². The van der Waals surface area contributed by atoms with Crippen LogP contribution in [-0.2, 0) is 20.6 Å². The lowest BCUT2D eigenvalue weighted by atomic mass is 10.0. The zero-order valence-electron chi connectivity index (χ0n) is 15.5. The van der Waals surface area contributed by atoms with Crippen LogP contribution in [0.5, 0.6) is 0 Å². The van der Waals surface area contributed by atoms with Gasteiger partial charge in [-0.2, -0.15) is 0 Å². The van der Waals surface area contributed by atoms with Crippen molar-refractivity contribution in [3.05, 3.63) is 59.8 Å². The number of fused-ring (bicyclic) bond motifs is 1. The summed E-state index contributed by atoms with van der Waals surface area (Å²) in [5, 5.41) is 4.53. The first-order valence-corrected chi connectivity index (χ1v) is 10.8. The van der Waals surface area contributed by atoms with Crippen LogP contribution in [0.25, 0.3) is 11.0 Å². The van der Waals surface area contributed by atoms with Crippen LogP contribution < -0.4 is 9.62 Å². The number of carbonyl (C=O) groups excluding carboxylic acids is 1. The summed E-state index contributed by atoms with van der Waals surface area (Å²) in [6.07, 6.45) is 1.19. The minimum Gasteiger partial charge on any atom is -0.356 e. The van der Waals surface area contributed by atoms with Crippen LogP contribution in [0.1, 0.15) is 24.1 Å². The summed E-state index contributed by atoms with van der Waals surface area (Å²) in [6, 6.07) is 13.9. The Hall–Kier alpha value is -2.71. The molecular formula is C20H21N3O4S. The highest BCUT2D eigenvalue weighted by molar-refractivity contribution is 7.88. The Morgan fingerprint density at radius 1 is 1.18 bits per heavy atom. The molecule has 3 aromatic rings. The second kappa shape index (κ2) is 7.37. The lowest BCUT2D eigenvalue weighted by molar-refractivity contribution is -0.121. The van der Waals surface area contributed by atoms with Crippen LogP contribution in [-0.4, -0.2) is 32.1 Å². The van der Waals surface area contributed by atoms with Crippen molar-refractivity contribution in [1.29, 1.82) is 0 Å². The Kier molecular flexibility index (Phi) is 4.91. The molecule has 2 heterocycles. The lowest BCUT2D eigenvalue weighted by Crippen LogP contribution is -2.52. The van der Waals surface area contributed by atoms with E-state index in [-0.39, 0.29) is 11.7 Å². The van der Waals surface area contributed by atoms with Crippen molar-refractivity contribution in [3.8, 4) is 0 Å². The van der Waals surface area contributed by atoms with Crippen molar-refractivity contribution in [3.63, 3.8) is 0 Å². The number of anilines is 1. The van der Waals surface area contributed by atoms with Gasteiger partial charge in [0.25, 0.3) is 0 Å². The number of benzene rings is 2. The molecule has 2 aromatic carbocycles. The normalized spacial score (nSPS) is 18.0. The molecule has 1 aliphatic heterocycles. The Balaban J connectivity index is 1.50. The summed E-state index contributed by atoms with van der Waals surface area (Å²) >= 11 is 0. The molecule has 0 spiro atoms. The standard InChI is InChI=1S/C20H21N3O4S/c1-14-8-10-15(11-9-14)23-12-4-6-17(20(23)24)22-28(25,26)13-18-16-5-2-3-7-19(16)27-21-18/h2-3,5,7-11,17,22H,4,6,12-13H2,1H3/t17-/m0/s1. The first kappa shape index (κ1) is 18.6. The fourth-order valence-electron chi connectivity index (χ4n) is 3.45. The van der Waals surface area contributed by atoms with Gasteiger partial charge in [0.1, 0.15) is 17.5 Å². The molecule has 1 saturated heterocycles. The minimum absolute atomic E-state index is 0.233. The number of hydrogen-bond acceptors (Lipinski definition) is 5. The summed E-state index contributed by atoms with van der Waals surface area (Å²) < 4.78 is 33.1. The maximum absolute atomic E-state index is 12.9. The van der Waals surface area contributed by atoms with Crippen LogP contribution in [0.4, 0.5) is 5.69 Å². The lowest BCUT2D eigenvalue weighted by Gasteiger charge is -2.32. The number of para-hydroxylation sites is 1. The summed E-state index contributed by atoms with van der Waals surface area (Å²) in [4.78, 5) is 14.5. The van der Waals surface area contributed by atoms with Gasteiger partial charge in [-0.1, -0.05) is 35.0 Å².